The summed E-state index contributed by atoms with van der Waals surface area (Å²) in [5.74, 6) is 0. The predicted molar refractivity (Wildman–Crippen MR) is 396 cm³/mol. The quantitative estimate of drug-likeness (QED) is 0.107. The smallest absolute Gasteiger partial charge is 0.264 e. The van der Waals surface area contributed by atoms with Crippen molar-refractivity contribution in [1.82, 2.24) is 59.8 Å². The third-order valence-corrected chi connectivity index (χ3v) is 23.2. The highest BCUT2D eigenvalue weighted by atomic mass is 15.0. The molecular weight excluding hydrogens is 1280 g/mol. The van der Waals surface area contributed by atoms with Gasteiger partial charge in [-0.15, -0.1) is 0 Å². The normalized spacial score (nSPS) is 13.5. The maximum atomic E-state index is 4.72. The minimum absolute atomic E-state index is 0.0864. The highest BCUT2D eigenvalue weighted by molar-refractivity contribution is 6.99. The van der Waals surface area contributed by atoms with Gasteiger partial charge in [-0.05, 0) is 88.1 Å². The summed E-state index contributed by atoms with van der Waals surface area (Å²) in [4.78, 5) is 54.8. The number of rotatable bonds is 0. The van der Waals surface area contributed by atoms with Crippen molar-refractivity contribution in [2.45, 2.75) is 25.7 Å². The van der Waals surface area contributed by atoms with Gasteiger partial charge in [-0.25, -0.2) is 56.5 Å². The Balaban J connectivity index is 0.0000000896. The van der Waals surface area contributed by atoms with Crippen LogP contribution in [0.15, 0.2) is 198 Å². The van der Waals surface area contributed by atoms with Gasteiger partial charge in [0, 0.05) is 118 Å². The molecule has 12 aromatic heterocycles. The van der Waals surface area contributed by atoms with E-state index in [1.54, 1.807) is 12.7 Å². The van der Waals surface area contributed by atoms with Crippen LogP contribution in [-0.2, 0) is 82.1 Å². The minimum atomic E-state index is 0.0864. The van der Waals surface area contributed by atoms with Gasteiger partial charge < -0.3 is 0 Å². The fourth-order valence-electron chi connectivity index (χ4n) is 19.1. The molecule has 20 nitrogen and oxygen atoms in total. The van der Waals surface area contributed by atoms with Gasteiger partial charge in [-0.1, -0.05) is 80.6 Å². The standard InChI is InChI=1S/C21H17BN4.2C20H16BN5.C19H15BN6/c1-25-7-6-13-4-3-5-16-17-11-23-9-14-8-15-10-24-12-26(2)20(15)22(19(14)17)21(25)18(13)16;1-25-10-23-8-13-6-12-7-22-9-15-14-4-3-5-16-17(14)20(26(2)11-24-16)21(18(12)15)19(13)25;1-25-7-6-12-4-3-5-14-16(12)20(25)21-17-15(23-10-24-18(14)17)8-13-9-22-11-26(2)19(13)21;1-25-9-21-7-11-6-14-16-17(23-8-22-14)12-4-3-5-13-15(12)19(20(16)18(11)25)26(2)10-24-13/h3-7,9-12H,8H2,1-2H3;3-5,7-11H,6H2,1-2H3;3-7,9-11H,8H2,1-2H3;3-5,7-10H,6H2,1-2H3/q4*+2. The van der Waals surface area contributed by atoms with Crippen LogP contribution in [0, 0.1) is 0 Å². The zero-order valence-corrected chi connectivity index (χ0v) is 58.6. The average Bonchev–Trinajstić information content (AvgIpc) is 0.724. The molecule has 0 unspecified atom stereocenters. The van der Waals surface area contributed by atoms with Gasteiger partial charge in [0.25, 0.3) is 38.0 Å². The molecule has 8 aliphatic heterocycles. The van der Waals surface area contributed by atoms with Crippen molar-refractivity contribution < 1.29 is 36.5 Å². The van der Waals surface area contributed by atoms with Gasteiger partial charge in [0.05, 0.1) is 98.0 Å². The Labute approximate surface area is 599 Å². The highest BCUT2D eigenvalue weighted by Gasteiger charge is 2.52. The lowest BCUT2D eigenvalue weighted by Crippen LogP contribution is -2.74. The molecule has 0 bridgehead atoms. The zero-order chi connectivity index (χ0) is 69.7. The summed E-state index contributed by atoms with van der Waals surface area (Å²) in [7, 11) is 16.8. The summed E-state index contributed by atoms with van der Waals surface area (Å²) in [6, 6.07) is 30.2. The van der Waals surface area contributed by atoms with Crippen molar-refractivity contribution in [3.8, 4) is 44.8 Å². The van der Waals surface area contributed by atoms with Gasteiger partial charge in [0.15, 0.2) is 34.6 Å². The summed E-state index contributed by atoms with van der Waals surface area (Å²) >= 11 is 0. The second kappa shape index (κ2) is 22.5. The number of hydrogen-bond donors (Lipinski definition) is 0. The number of fused-ring (bicyclic) bond motifs is 16. The van der Waals surface area contributed by atoms with Crippen LogP contribution in [0.25, 0.3) is 88.1 Å². The number of aromatic nitrogens is 20. The molecule has 0 saturated carbocycles. The Morgan fingerprint density at radius 2 is 0.615 bits per heavy atom. The third kappa shape index (κ3) is 8.46. The molecule has 488 valence electrons. The van der Waals surface area contributed by atoms with Crippen LogP contribution >= 0.6 is 0 Å². The van der Waals surface area contributed by atoms with E-state index in [9.17, 15) is 0 Å². The van der Waals surface area contributed by atoms with Crippen molar-refractivity contribution in [3.63, 3.8) is 0 Å². The third-order valence-electron chi connectivity index (χ3n) is 23.2. The van der Waals surface area contributed by atoms with Gasteiger partial charge in [-0.3, -0.25) is 9.97 Å². The summed E-state index contributed by atoms with van der Waals surface area (Å²) in [6.07, 6.45) is 38.7. The fraction of sp³-hybridized carbons (Fsp3) is 0.150. The molecule has 0 radical (unpaired) electrons. The topological polar surface area (TPSA) is 186 Å². The van der Waals surface area contributed by atoms with E-state index >= 15 is 0 Å². The molecule has 4 aromatic carbocycles. The minimum Gasteiger partial charge on any atom is -0.264 e. The Morgan fingerprint density at radius 1 is 0.269 bits per heavy atom. The van der Waals surface area contributed by atoms with Crippen molar-refractivity contribution >= 4 is 137 Å². The number of aryl methyl sites for hydroxylation is 8. The lowest BCUT2D eigenvalue weighted by molar-refractivity contribution is -0.661. The van der Waals surface area contributed by atoms with Gasteiger partial charge in [-0.2, -0.15) is 0 Å². The Hall–Kier alpha value is -12.6. The molecule has 0 atom stereocenters. The van der Waals surface area contributed by atoms with Crippen LogP contribution in [0.3, 0.4) is 0 Å². The van der Waals surface area contributed by atoms with Crippen molar-refractivity contribution in [2.75, 3.05) is 0 Å². The fourth-order valence-corrected chi connectivity index (χ4v) is 19.1. The largest absolute Gasteiger partial charge is 0.379 e. The number of nitrogens with zero attached hydrogens (tertiary/aromatic N) is 20. The SMILES string of the molecule is C[n+]1cncc2c1B1c3c(cncc3-c3cccc4cc[n+](C)c1c34)C2.C[n+]1cncc2c1B1c3c(cncc3-c3cccc4nc[n+](C)c1c34)C2.C[n+]1cncc2c1B1c3c(ncnc3-c3cccc4cc[n+](C)c1c34)C2.C[n+]1cncc2c1B1c3c(ncnc3-c3cccc4nc[n+](C)c1c34)C2. The molecule has 0 spiro atoms. The van der Waals surface area contributed by atoms with Crippen LogP contribution in [0.1, 0.15) is 44.8 Å². The van der Waals surface area contributed by atoms with E-state index < -0.39 is 0 Å². The molecule has 0 aliphatic carbocycles. The average molecular weight is 1350 g/mol. The monoisotopic (exact) mass is 1350 g/mol. The predicted octanol–water partition coefficient (Wildman–Crippen LogP) is -3.70. The summed E-state index contributed by atoms with van der Waals surface area (Å²) < 4.78 is 17.5. The lowest BCUT2D eigenvalue weighted by Gasteiger charge is -2.30. The first-order valence-electron chi connectivity index (χ1n) is 35.2. The zero-order valence-electron chi connectivity index (χ0n) is 58.6. The molecule has 24 rings (SSSR count). The first kappa shape index (κ1) is 60.2. The molecule has 16 aromatic rings. The summed E-state index contributed by atoms with van der Waals surface area (Å²) in [5.41, 5.74) is 37.2. The maximum Gasteiger partial charge on any atom is 0.379 e. The molecule has 0 saturated heterocycles. The molecule has 104 heavy (non-hydrogen) atoms. The first-order valence-corrected chi connectivity index (χ1v) is 35.2. The van der Waals surface area contributed by atoms with E-state index in [4.69, 9.17) is 9.97 Å². The van der Waals surface area contributed by atoms with Crippen molar-refractivity contribution in [1.29, 1.82) is 0 Å². The molecule has 0 fully saturated rings. The van der Waals surface area contributed by atoms with E-state index in [1.165, 1.54) is 160 Å². The van der Waals surface area contributed by atoms with Crippen LogP contribution in [-0.4, -0.2) is 86.7 Å². The lowest BCUT2D eigenvalue weighted by atomic mass is 9.33. The molecule has 0 amide bonds. The van der Waals surface area contributed by atoms with E-state index in [0.717, 1.165) is 65.1 Å². The molecule has 8 aliphatic rings. The second-order valence-corrected chi connectivity index (χ2v) is 28.8. The number of benzene rings is 4. The number of pyridine rings is 4. The van der Waals surface area contributed by atoms with Crippen LogP contribution in [0.2, 0.25) is 0 Å². The van der Waals surface area contributed by atoms with Gasteiger partial charge in [0.1, 0.15) is 51.5 Å². The molecule has 24 heteroatoms. The van der Waals surface area contributed by atoms with Crippen LogP contribution in [0.5, 0.6) is 0 Å². The highest BCUT2D eigenvalue weighted by Crippen LogP contribution is 2.35. The second-order valence-electron chi connectivity index (χ2n) is 28.8. The van der Waals surface area contributed by atoms with Crippen LogP contribution in [0.4, 0.5) is 0 Å². The molecular formula is C80H64B4N20+8. The molecule has 20 heterocycles. The van der Waals surface area contributed by atoms with Crippen molar-refractivity contribution in [3.05, 3.63) is 242 Å². The van der Waals surface area contributed by atoms with E-state index in [-0.39, 0.29) is 26.9 Å². The van der Waals surface area contributed by atoms with Gasteiger partial charge in [0.2, 0.25) is 0 Å². The summed E-state index contributed by atoms with van der Waals surface area (Å²) in [5, 5.41) is 7.60. The number of hydrogen-bond acceptors (Lipinski definition) is 12. The van der Waals surface area contributed by atoms with Crippen molar-refractivity contribution in [2.24, 2.45) is 56.4 Å². The first-order chi connectivity index (χ1) is 50.9. The van der Waals surface area contributed by atoms with E-state index in [0.29, 0.717) is 0 Å². The Bertz CT molecular complexity index is 5790. The van der Waals surface area contributed by atoms with Gasteiger partial charge >= 0.3 is 26.9 Å². The Morgan fingerprint density at radius 3 is 1.07 bits per heavy atom. The van der Waals surface area contributed by atoms with E-state index in [1.807, 2.05) is 87.5 Å². The summed E-state index contributed by atoms with van der Waals surface area (Å²) in [6.45, 7) is 0.596. The van der Waals surface area contributed by atoms with E-state index in [2.05, 4.69) is 240 Å². The van der Waals surface area contributed by atoms with Crippen LogP contribution < -0.4 is 103 Å². The Kier molecular flexibility index (Phi) is 13.0. The molecule has 0 N–H and O–H groups in total. The maximum absolute atomic E-state index is 4.72.